The van der Waals surface area contributed by atoms with E-state index in [9.17, 15) is 9.59 Å². The molecule has 6 nitrogen and oxygen atoms in total. The molecule has 0 radical (unpaired) electrons. The van der Waals surface area contributed by atoms with E-state index in [1.54, 1.807) is 35.6 Å². The van der Waals surface area contributed by atoms with Crippen molar-refractivity contribution < 1.29 is 14.3 Å². The number of nitrogens with zero attached hydrogens (tertiary/aromatic N) is 1. The van der Waals surface area contributed by atoms with Gasteiger partial charge >= 0.3 is 0 Å². The number of anilines is 2. The lowest BCUT2D eigenvalue weighted by Gasteiger charge is -2.13. The van der Waals surface area contributed by atoms with Crippen molar-refractivity contribution in [2.45, 2.75) is 25.7 Å². The first-order valence-electron chi connectivity index (χ1n) is 9.64. The van der Waals surface area contributed by atoms with Crippen molar-refractivity contribution in [3.63, 3.8) is 0 Å². The van der Waals surface area contributed by atoms with Crippen molar-refractivity contribution in [3.05, 3.63) is 64.8 Å². The number of hydrogen-bond acceptors (Lipinski definition) is 4. The summed E-state index contributed by atoms with van der Waals surface area (Å²) < 4.78 is 6.83. The molecule has 2 heterocycles. The van der Waals surface area contributed by atoms with Crippen LogP contribution in [0.25, 0.3) is 5.00 Å². The van der Waals surface area contributed by atoms with Gasteiger partial charge in [0.2, 0.25) is 5.91 Å². The van der Waals surface area contributed by atoms with Crippen LogP contribution in [0.5, 0.6) is 0 Å². The Kier molecular flexibility index (Phi) is 5.78. The topological polar surface area (TPSA) is 72.4 Å². The summed E-state index contributed by atoms with van der Waals surface area (Å²) in [6.45, 7) is 0.00389. The van der Waals surface area contributed by atoms with Crippen LogP contribution in [0.1, 0.15) is 33.6 Å². The minimum atomic E-state index is -0.217. The molecular weight excluding hydrogens is 386 g/mol. The van der Waals surface area contributed by atoms with E-state index in [1.807, 2.05) is 29.1 Å². The van der Waals surface area contributed by atoms with Crippen LogP contribution in [-0.2, 0) is 22.4 Å². The molecule has 0 aliphatic heterocycles. The van der Waals surface area contributed by atoms with Crippen molar-refractivity contribution in [1.29, 1.82) is 0 Å². The van der Waals surface area contributed by atoms with Crippen LogP contribution in [0.15, 0.2) is 48.8 Å². The van der Waals surface area contributed by atoms with Gasteiger partial charge in [-0.15, -0.1) is 11.3 Å². The van der Waals surface area contributed by atoms with Gasteiger partial charge in [-0.25, -0.2) is 0 Å². The summed E-state index contributed by atoms with van der Waals surface area (Å²) in [5.41, 5.74) is 3.31. The highest BCUT2D eigenvalue weighted by Gasteiger charge is 2.26. The average molecular weight is 410 g/mol. The maximum absolute atomic E-state index is 13.2. The second-order valence-electron chi connectivity index (χ2n) is 6.99. The third kappa shape index (κ3) is 4.26. The van der Waals surface area contributed by atoms with Crippen LogP contribution in [0, 0.1) is 0 Å². The van der Waals surface area contributed by atoms with Crippen LogP contribution in [-0.4, -0.2) is 30.1 Å². The first-order valence-corrected chi connectivity index (χ1v) is 10.5. The van der Waals surface area contributed by atoms with Crippen molar-refractivity contribution in [3.8, 4) is 5.00 Å². The predicted molar refractivity (Wildman–Crippen MR) is 115 cm³/mol. The number of aryl methyl sites for hydroxylation is 1. The van der Waals surface area contributed by atoms with E-state index >= 15 is 0 Å². The fourth-order valence-electron chi connectivity index (χ4n) is 3.60. The summed E-state index contributed by atoms with van der Waals surface area (Å²) in [7, 11) is 1.48. The van der Waals surface area contributed by atoms with E-state index in [1.165, 1.54) is 24.0 Å². The van der Waals surface area contributed by atoms with E-state index in [-0.39, 0.29) is 18.4 Å². The Bertz CT molecular complexity index is 1010. The van der Waals surface area contributed by atoms with E-state index in [0.29, 0.717) is 11.4 Å². The number of thiophene rings is 1. The van der Waals surface area contributed by atoms with Gasteiger partial charge in [0.1, 0.15) is 11.6 Å². The number of carbonyl (C=O) groups is 2. The number of nitrogens with one attached hydrogen (secondary N) is 2. The van der Waals surface area contributed by atoms with Gasteiger partial charge in [-0.3, -0.25) is 9.59 Å². The SMILES string of the molecule is COCC(=O)Nc1ccc(NC(=O)c2c(-n3cccc3)sc3c2CCCC3)cc1. The molecule has 0 saturated heterocycles. The Hall–Kier alpha value is -2.90. The molecule has 0 bridgehead atoms. The van der Waals surface area contributed by atoms with Gasteiger partial charge in [0.15, 0.2) is 0 Å². The highest BCUT2D eigenvalue weighted by molar-refractivity contribution is 7.15. The Morgan fingerprint density at radius 3 is 2.38 bits per heavy atom. The average Bonchev–Trinajstić information content (AvgIpc) is 3.37. The van der Waals surface area contributed by atoms with Gasteiger partial charge in [0, 0.05) is 35.8 Å². The van der Waals surface area contributed by atoms with Crippen LogP contribution < -0.4 is 10.6 Å². The molecule has 1 aromatic carbocycles. The lowest BCUT2D eigenvalue weighted by atomic mass is 9.95. The minimum absolute atomic E-state index is 0.00389. The van der Waals surface area contributed by atoms with Crippen LogP contribution in [0.2, 0.25) is 0 Å². The van der Waals surface area contributed by atoms with Gasteiger partial charge in [-0.1, -0.05) is 0 Å². The molecule has 2 N–H and O–H groups in total. The molecule has 2 aromatic heterocycles. The highest BCUT2D eigenvalue weighted by atomic mass is 32.1. The number of benzene rings is 1. The molecule has 7 heteroatoms. The molecule has 0 saturated carbocycles. The maximum atomic E-state index is 13.2. The number of rotatable bonds is 6. The smallest absolute Gasteiger partial charge is 0.258 e. The summed E-state index contributed by atoms with van der Waals surface area (Å²) in [5.74, 6) is -0.310. The first-order chi connectivity index (χ1) is 14.2. The van der Waals surface area contributed by atoms with Crippen molar-refractivity contribution in [1.82, 2.24) is 4.57 Å². The molecule has 0 atom stereocenters. The second kappa shape index (κ2) is 8.63. The van der Waals surface area contributed by atoms with E-state index in [0.717, 1.165) is 29.8 Å². The highest BCUT2D eigenvalue weighted by Crippen LogP contribution is 2.37. The van der Waals surface area contributed by atoms with Gasteiger partial charge in [-0.2, -0.15) is 0 Å². The zero-order valence-corrected chi connectivity index (χ0v) is 17.1. The van der Waals surface area contributed by atoms with Gasteiger partial charge in [-0.05, 0) is 67.6 Å². The minimum Gasteiger partial charge on any atom is -0.375 e. The monoisotopic (exact) mass is 409 g/mol. The normalized spacial score (nSPS) is 13.0. The third-order valence-electron chi connectivity index (χ3n) is 4.92. The molecule has 0 spiro atoms. The van der Waals surface area contributed by atoms with E-state index < -0.39 is 0 Å². The Labute approximate surface area is 173 Å². The summed E-state index contributed by atoms with van der Waals surface area (Å²) in [6, 6.07) is 11.0. The predicted octanol–water partition coefficient (Wildman–Crippen LogP) is 4.25. The number of methoxy groups -OCH3 is 1. The Morgan fingerprint density at radius 1 is 1.03 bits per heavy atom. The largest absolute Gasteiger partial charge is 0.375 e. The van der Waals surface area contributed by atoms with Crippen molar-refractivity contribution >= 4 is 34.5 Å². The maximum Gasteiger partial charge on any atom is 0.258 e. The molecular formula is C22H23N3O3S. The van der Waals surface area contributed by atoms with Gasteiger partial charge in [0.05, 0.1) is 5.56 Å². The molecule has 1 aliphatic carbocycles. The van der Waals surface area contributed by atoms with Gasteiger partial charge in [0.25, 0.3) is 5.91 Å². The van der Waals surface area contributed by atoms with Crippen molar-refractivity contribution in [2.24, 2.45) is 0 Å². The van der Waals surface area contributed by atoms with Gasteiger partial charge < -0.3 is 19.9 Å². The molecule has 29 heavy (non-hydrogen) atoms. The zero-order chi connectivity index (χ0) is 20.2. The van der Waals surface area contributed by atoms with Crippen molar-refractivity contribution in [2.75, 3.05) is 24.4 Å². The van der Waals surface area contributed by atoms with Crippen LogP contribution in [0.3, 0.4) is 0 Å². The number of fused-ring (bicyclic) bond motifs is 1. The summed E-state index contributed by atoms with van der Waals surface area (Å²) in [6.07, 6.45) is 8.23. The standard InChI is InChI=1S/C22H23N3O3S/c1-28-14-19(26)23-15-8-10-16(11-9-15)24-21(27)20-17-6-2-3-7-18(17)29-22(20)25-12-4-5-13-25/h4-5,8-13H,2-3,6-7,14H2,1H3,(H,23,26)(H,24,27). The molecule has 3 aromatic rings. The lowest BCUT2D eigenvalue weighted by Crippen LogP contribution is -2.18. The molecule has 0 fully saturated rings. The molecule has 2 amide bonds. The number of hydrogen-bond donors (Lipinski definition) is 2. The quantitative estimate of drug-likeness (QED) is 0.639. The number of carbonyl (C=O) groups excluding carboxylic acids is 2. The molecule has 1 aliphatic rings. The fourth-order valence-corrected chi connectivity index (χ4v) is 4.95. The zero-order valence-electron chi connectivity index (χ0n) is 16.2. The lowest BCUT2D eigenvalue weighted by molar-refractivity contribution is -0.119. The number of ether oxygens (including phenoxy) is 1. The summed E-state index contributed by atoms with van der Waals surface area (Å²) in [5, 5.41) is 6.74. The number of aromatic nitrogens is 1. The second-order valence-corrected chi connectivity index (χ2v) is 8.08. The molecule has 150 valence electrons. The molecule has 0 unspecified atom stereocenters. The van der Waals surface area contributed by atoms with E-state index in [4.69, 9.17) is 4.74 Å². The number of amides is 2. The molecule has 4 rings (SSSR count). The van der Waals surface area contributed by atoms with Crippen LogP contribution >= 0.6 is 11.3 Å². The summed E-state index contributed by atoms with van der Waals surface area (Å²) >= 11 is 1.72. The third-order valence-corrected chi connectivity index (χ3v) is 6.23. The Morgan fingerprint density at radius 2 is 1.69 bits per heavy atom. The Balaban J connectivity index is 1.56. The summed E-state index contributed by atoms with van der Waals surface area (Å²) in [4.78, 5) is 26.1. The van der Waals surface area contributed by atoms with Crippen LogP contribution in [0.4, 0.5) is 11.4 Å². The fraction of sp³-hybridized carbons (Fsp3) is 0.273. The first kappa shape index (κ1) is 19.4. The van der Waals surface area contributed by atoms with E-state index in [2.05, 4.69) is 10.6 Å².